The number of anilines is 3. The van der Waals surface area contributed by atoms with Gasteiger partial charge < -0.3 is 4.90 Å². The van der Waals surface area contributed by atoms with Gasteiger partial charge in [0.15, 0.2) is 0 Å². The minimum Gasteiger partial charge on any atom is -0.310 e. The minimum absolute atomic E-state index is 0.654. The summed E-state index contributed by atoms with van der Waals surface area (Å²) in [4.78, 5) is 13.1. The minimum atomic E-state index is 0.654. The molecule has 3 heterocycles. The van der Waals surface area contributed by atoms with Gasteiger partial charge in [0.05, 0.1) is 22.2 Å². The van der Waals surface area contributed by atoms with Crippen LogP contribution in [0, 0.1) is 0 Å². The highest BCUT2D eigenvalue weighted by Gasteiger charge is 2.21. The second-order valence-corrected chi connectivity index (χ2v) is 14.5. The maximum Gasteiger partial charge on any atom is 0.235 e. The third-order valence-corrected chi connectivity index (χ3v) is 11.5. The number of hydrogen-bond donors (Lipinski definition) is 0. The number of hydrogen-bond acceptors (Lipinski definition) is 4. The topological polar surface area (TPSA) is 34.0 Å². The van der Waals surface area contributed by atoms with Crippen LogP contribution < -0.4 is 4.90 Å². The van der Waals surface area contributed by atoms with Crippen LogP contribution in [0.25, 0.3) is 80.9 Å². The molecule has 0 amide bonds. The van der Waals surface area contributed by atoms with Crippen LogP contribution in [0.5, 0.6) is 0 Å². The molecule has 0 N–H and O–H groups in total. The standard InChI is InChI=1S/C48H30N4S/c1-3-15-31(16-4-1)51(32-17-5-2-6-18-32)33-27-28-43-39(29-33)35-20-10-13-25-42(35)52(43)48-49-41-24-12-9-22-37(41)47(50-48)40-30-45-46(36-21-8-7-19-34(36)40)38-23-11-14-26-44(38)53-45/h1-30H. The molecule has 5 heteroatoms. The molecule has 8 aromatic carbocycles. The molecular formula is C48H30N4S. The van der Waals surface area contributed by atoms with Crippen molar-refractivity contribution >= 4 is 92.1 Å². The van der Waals surface area contributed by atoms with Crippen molar-refractivity contribution in [2.75, 3.05) is 4.90 Å². The number of benzene rings is 8. The van der Waals surface area contributed by atoms with Crippen LogP contribution in [0.4, 0.5) is 17.1 Å². The van der Waals surface area contributed by atoms with E-state index in [0.29, 0.717) is 5.95 Å². The molecule has 0 saturated heterocycles. The average molecular weight is 695 g/mol. The fraction of sp³-hybridized carbons (Fsp3) is 0. The molecule has 4 nitrogen and oxygen atoms in total. The molecule has 0 saturated carbocycles. The van der Waals surface area contributed by atoms with Crippen LogP contribution in [-0.4, -0.2) is 14.5 Å². The van der Waals surface area contributed by atoms with E-state index >= 15 is 0 Å². The predicted molar refractivity (Wildman–Crippen MR) is 224 cm³/mol. The lowest BCUT2D eigenvalue weighted by Gasteiger charge is -2.25. The number of rotatable bonds is 5. The Bertz CT molecular complexity index is 3140. The normalized spacial score (nSPS) is 11.8. The summed E-state index contributed by atoms with van der Waals surface area (Å²) >= 11 is 1.84. The van der Waals surface area contributed by atoms with Crippen molar-refractivity contribution in [1.82, 2.24) is 14.5 Å². The Morgan fingerprint density at radius 1 is 0.415 bits per heavy atom. The number of aromatic nitrogens is 3. The molecule has 0 atom stereocenters. The zero-order chi connectivity index (χ0) is 34.9. The summed E-state index contributed by atoms with van der Waals surface area (Å²) < 4.78 is 4.79. The Labute approximate surface area is 309 Å². The molecular weight excluding hydrogens is 665 g/mol. The number of fused-ring (bicyclic) bond motifs is 9. The molecule has 3 aromatic heterocycles. The third kappa shape index (κ3) is 4.68. The fourth-order valence-electron chi connectivity index (χ4n) is 8.07. The van der Waals surface area contributed by atoms with Crippen LogP contribution in [0.1, 0.15) is 0 Å². The quantitative estimate of drug-likeness (QED) is 0.180. The van der Waals surface area contributed by atoms with Gasteiger partial charge in [-0.1, -0.05) is 115 Å². The van der Waals surface area contributed by atoms with E-state index in [0.717, 1.165) is 61.0 Å². The monoisotopic (exact) mass is 694 g/mol. The van der Waals surface area contributed by atoms with Crippen LogP contribution in [0.2, 0.25) is 0 Å². The van der Waals surface area contributed by atoms with Crippen LogP contribution in [-0.2, 0) is 0 Å². The Kier molecular flexibility index (Phi) is 6.69. The van der Waals surface area contributed by atoms with E-state index in [1.165, 1.54) is 30.9 Å². The van der Waals surface area contributed by atoms with Gasteiger partial charge in [-0.3, -0.25) is 4.57 Å². The van der Waals surface area contributed by atoms with E-state index in [1.54, 1.807) is 0 Å². The van der Waals surface area contributed by atoms with Crippen LogP contribution >= 0.6 is 11.3 Å². The molecule has 248 valence electrons. The first-order valence-electron chi connectivity index (χ1n) is 17.8. The summed E-state index contributed by atoms with van der Waals surface area (Å²) in [6, 6.07) is 64.7. The molecule has 11 rings (SSSR count). The van der Waals surface area contributed by atoms with E-state index in [4.69, 9.17) is 9.97 Å². The van der Waals surface area contributed by atoms with Gasteiger partial charge in [-0.05, 0) is 77.5 Å². The Balaban J connectivity index is 1.17. The maximum absolute atomic E-state index is 5.52. The molecule has 0 aliphatic carbocycles. The number of para-hydroxylation sites is 4. The zero-order valence-corrected chi connectivity index (χ0v) is 29.3. The largest absolute Gasteiger partial charge is 0.310 e. The Hall–Kier alpha value is -6.82. The molecule has 11 aromatic rings. The van der Waals surface area contributed by atoms with Gasteiger partial charge in [0.2, 0.25) is 5.95 Å². The molecule has 0 radical (unpaired) electrons. The summed E-state index contributed by atoms with van der Waals surface area (Å²) in [5.41, 5.74) is 8.38. The zero-order valence-electron chi connectivity index (χ0n) is 28.5. The van der Waals surface area contributed by atoms with Gasteiger partial charge in [-0.15, -0.1) is 11.3 Å². The van der Waals surface area contributed by atoms with Crippen LogP contribution in [0.15, 0.2) is 182 Å². The molecule has 53 heavy (non-hydrogen) atoms. The highest BCUT2D eigenvalue weighted by Crippen LogP contribution is 2.44. The van der Waals surface area contributed by atoms with E-state index in [2.05, 4.69) is 191 Å². The van der Waals surface area contributed by atoms with Crippen LogP contribution in [0.3, 0.4) is 0 Å². The predicted octanol–water partition coefficient (Wildman–Crippen LogP) is 13.4. The Morgan fingerprint density at radius 2 is 1.02 bits per heavy atom. The smallest absolute Gasteiger partial charge is 0.235 e. The van der Waals surface area contributed by atoms with Crippen molar-refractivity contribution in [3.05, 3.63) is 182 Å². The molecule has 0 unspecified atom stereocenters. The van der Waals surface area contributed by atoms with E-state index in [1.807, 2.05) is 11.3 Å². The molecule has 0 bridgehead atoms. The first-order valence-corrected chi connectivity index (χ1v) is 18.7. The number of nitrogens with zero attached hydrogens (tertiary/aromatic N) is 4. The van der Waals surface area contributed by atoms with Gasteiger partial charge in [0.1, 0.15) is 0 Å². The van der Waals surface area contributed by atoms with E-state index in [9.17, 15) is 0 Å². The van der Waals surface area contributed by atoms with Crippen molar-refractivity contribution in [3.63, 3.8) is 0 Å². The van der Waals surface area contributed by atoms with Gasteiger partial charge in [0, 0.05) is 59.0 Å². The average Bonchev–Trinajstić information content (AvgIpc) is 3.77. The molecule has 0 fully saturated rings. The second-order valence-electron chi connectivity index (χ2n) is 13.4. The summed E-state index contributed by atoms with van der Waals surface area (Å²) in [5.74, 6) is 0.654. The lowest BCUT2D eigenvalue weighted by atomic mass is 9.96. The van der Waals surface area contributed by atoms with Crippen molar-refractivity contribution in [2.45, 2.75) is 0 Å². The van der Waals surface area contributed by atoms with Crippen molar-refractivity contribution in [3.8, 4) is 17.2 Å². The van der Waals surface area contributed by atoms with Gasteiger partial charge in [-0.25, -0.2) is 9.97 Å². The highest BCUT2D eigenvalue weighted by molar-refractivity contribution is 7.26. The first-order chi connectivity index (χ1) is 26.3. The molecule has 0 aliphatic heterocycles. The fourth-order valence-corrected chi connectivity index (χ4v) is 9.23. The van der Waals surface area contributed by atoms with Gasteiger partial charge in [-0.2, -0.15) is 0 Å². The molecule has 0 aliphatic rings. The van der Waals surface area contributed by atoms with Crippen molar-refractivity contribution in [1.29, 1.82) is 0 Å². The maximum atomic E-state index is 5.52. The molecule has 0 spiro atoms. The number of thiophene rings is 1. The van der Waals surface area contributed by atoms with Crippen molar-refractivity contribution in [2.24, 2.45) is 0 Å². The first kappa shape index (κ1) is 29.9. The Morgan fingerprint density at radius 3 is 1.79 bits per heavy atom. The van der Waals surface area contributed by atoms with E-state index in [-0.39, 0.29) is 0 Å². The van der Waals surface area contributed by atoms with Gasteiger partial charge >= 0.3 is 0 Å². The highest BCUT2D eigenvalue weighted by atomic mass is 32.1. The summed E-state index contributed by atoms with van der Waals surface area (Å²) in [6.07, 6.45) is 0. The van der Waals surface area contributed by atoms with Crippen molar-refractivity contribution < 1.29 is 0 Å². The third-order valence-electron chi connectivity index (χ3n) is 10.4. The summed E-state index contributed by atoms with van der Waals surface area (Å²) in [5, 5.41) is 8.37. The second kappa shape index (κ2) is 11.9. The summed E-state index contributed by atoms with van der Waals surface area (Å²) in [6.45, 7) is 0. The van der Waals surface area contributed by atoms with E-state index < -0.39 is 0 Å². The van der Waals surface area contributed by atoms with Gasteiger partial charge in [0.25, 0.3) is 0 Å². The lowest BCUT2D eigenvalue weighted by molar-refractivity contribution is 1.01. The lowest BCUT2D eigenvalue weighted by Crippen LogP contribution is -2.09. The summed E-state index contributed by atoms with van der Waals surface area (Å²) in [7, 11) is 0. The SMILES string of the molecule is c1ccc(N(c2ccccc2)c2ccc3c(c2)c2ccccc2n3-c2nc(-c3cc4sc5ccccc5c4c4ccccc34)c3ccccc3n2)cc1.